The maximum Gasteiger partial charge on any atom is 0.0555 e. The summed E-state index contributed by atoms with van der Waals surface area (Å²) in [4.78, 5) is 0. The highest BCUT2D eigenvalue weighted by Crippen LogP contribution is 2.45. The summed E-state index contributed by atoms with van der Waals surface area (Å²) in [5.41, 5.74) is 14.6. The van der Waals surface area contributed by atoms with Crippen molar-refractivity contribution >= 4 is 75.1 Å². The fourth-order valence-corrected chi connectivity index (χ4v) is 10.4. The Morgan fingerprint density at radius 2 is 0.930 bits per heavy atom. The van der Waals surface area contributed by atoms with Gasteiger partial charge in [0.15, 0.2) is 0 Å². The Morgan fingerprint density at radius 1 is 0.298 bits per heavy atom. The van der Waals surface area contributed by atoms with E-state index in [0.717, 1.165) is 5.69 Å². The highest BCUT2D eigenvalue weighted by atomic mass is 32.1. The number of rotatable bonds is 5. The third-order valence-electron chi connectivity index (χ3n) is 11.7. The van der Waals surface area contributed by atoms with E-state index in [0.29, 0.717) is 0 Å². The van der Waals surface area contributed by atoms with Crippen molar-refractivity contribution in [2.24, 2.45) is 0 Å². The van der Waals surface area contributed by atoms with Gasteiger partial charge in [-0.15, -0.1) is 11.3 Å². The van der Waals surface area contributed by atoms with E-state index in [1.54, 1.807) is 0 Å². The second-order valence-corrected chi connectivity index (χ2v) is 15.9. The van der Waals surface area contributed by atoms with E-state index in [2.05, 4.69) is 215 Å². The van der Waals surface area contributed by atoms with Crippen molar-refractivity contribution in [3.63, 3.8) is 0 Å². The van der Waals surface area contributed by atoms with Crippen LogP contribution in [0.2, 0.25) is 0 Å². The van der Waals surface area contributed by atoms with Crippen molar-refractivity contribution in [3.8, 4) is 44.8 Å². The fourth-order valence-electron chi connectivity index (χ4n) is 9.27. The van der Waals surface area contributed by atoms with Gasteiger partial charge in [0.05, 0.1) is 27.8 Å². The zero-order valence-corrected chi connectivity index (χ0v) is 31.7. The second-order valence-electron chi connectivity index (χ2n) is 14.8. The van der Waals surface area contributed by atoms with Gasteiger partial charge in [-0.3, -0.25) is 0 Å². The predicted octanol–water partition coefficient (Wildman–Crippen LogP) is 15.2. The number of para-hydroxylation sites is 2. The van der Waals surface area contributed by atoms with E-state index in [4.69, 9.17) is 0 Å². The molecule has 0 spiro atoms. The van der Waals surface area contributed by atoms with Gasteiger partial charge in [0.1, 0.15) is 0 Å². The molecule has 2 nitrogen and oxygen atoms in total. The molecule has 9 aromatic carbocycles. The molecular formula is C54H34N2S. The molecule has 0 N–H and O–H groups in total. The van der Waals surface area contributed by atoms with E-state index in [1.165, 1.54) is 103 Å². The van der Waals surface area contributed by atoms with Crippen molar-refractivity contribution in [3.05, 3.63) is 206 Å². The van der Waals surface area contributed by atoms with Crippen LogP contribution in [0.4, 0.5) is 0 Å². The topological polar surface area (TPSA) is 9.86 Å². The molecule has 0 bridgehead atoms. The van der Waals surface area contributed by atoms with Crippen molar-refractivity contribution in [2.75, 3.05) is 0 Å². The van der Waals surface area contributed by atoms with Crippen LogP contribution in [0.25, 0.3) is 109 Å². The zero-order chi connectivity index (χ0) is 37.5. The lowest BCUT2D eigenvalue weighted by Gasteiger charge is -2.13. The van der Waals surface area contributed by atoms with E-state index >= 15 is 0 Å². The maximum atomic E-state index is 2.49. The first-order chi connectivity index (χ1) is 28.3. The summed E-state index contributed by atoms with van der Waals surface area (Å²) in [6.07, 6.45) is 0. The Labute approximate surface area is 333 Å². The molecule has 3 heteroatoms. The molecule has 0 atom stereocenters. The Morgan fingerprint density at radius 3 is 1.75 bits per heavy atom. The summed E-state index contributed by atoms with van der Waals surface area (Å²) in [5.74, 6) is 0. The van der Waals surface area contributed by atoms with Crippen LogP contribution in [0.1, 0.15) is 0 Å². The van der Waals surface area contributed by atoms with Crippen molar-refractivity contribution in [2.45, 2.75) is 0 Å². The molecule has 0 unspecified atom stereocenters. The van der Waals surface area contributed by atoms with Crippen LogP contribution >= 0.6 is 11.3 Å². The van der Waals surface area contributed by atoms with Crippen LogP contribution < -0.4 is 0 Å². The van der Waals surface area contributed by atoms with E-state index in [-0.39, 0.29) is 0 Å². The van der Waals surface area contributed by atoms with Crippen molar-refractivity contribution in [1.29, 1.82) is 0 Å². The summed E-state index contributed by atoms with van der Waals surface area (Å²) in [6.45, 7) is 0. The Balaban J connectivity index is 1.09. The molecule has 0 radical (unpaired) electrons. The SMILES string of the molecule is c1ccc(-c2ccc3sc4cccc(-n5c6ccccc6c6cc(-n7c8ccccc8c8c(-c9ccccc9-c9ccccc9)cccc87)ccc65)c4c3c2)cc1. The number of hydrogen-bond donors (Lipinski definition) is 0. The molecule has 0 aliphatic carbocycles. The molecular weight excluding hydrogens is 709 g/mol. The molecule has 266 valence electrons. The average molecular weight is 743 g/mol. The largest absolute Gasteiger partial charge is 0.309 e. The molecule has 12 rings (SSSR count). The number of benzene rings is 9. The molecule has 0 fully saturated rings. The van der Waals surface area contributed by atoms with Gasteiger partial charge in [-0.05, 0) is 94.0 Å². The number of hydrogen-bond acceptors (Lipinski definition) is 1. The summed E-state index contributed by atoms with van der Waals surface area (Å²) in [7, 11) is 0. The summed E-state index contributed by atoms with van der Waals surface area (Å²) in [5, 5.41) is 7.59. The number of thiophene rings is 1. The summed E-state index contributed by atoms with van der Waals surface area (Å²) >= 11 is 1.87. The number of aromatic nitrogens is 2. The van der Waals surface area contributed by atoms with Gasteiger partial charge in [0.25, 0.3) is 0 Å². The molecule has 57 heavy (non-hydrogen) atoms. The first-order valence-corrected chi connectivity index (χ1v) is 20.3. The fraction of sp³-hybridized carbons (Fsp3) is 0. The van der Waals surface area contributed by atoms with Crippen molar-refractivity contribution in [1.82, 2.24) is 9.13 Å². The van der Waals surface area contributed by atoms with Crippen molar-refractivity contribution < 1.29 is 0 Å². The molecule has 0 aliphatic heterocycles. The minimum atomic E-state index is 1.15. The first-order valence-electron chi connectivity index (χ1n) is 19.5. The van der Waals surface area contributed by atoms with Crippen LogP contribution in [0.3, 0.4) is 0 Å². The summed E-state index contributed by atoms with van der Waals surface area (Å²) < 4.78 is 7.55. The Kier molecular flexibility index (Phi) is 7.13. The predicted molar refractivity (Wildman–Crippen MR) is 244 cm³/mol. The molecule has 12 aromatic rings. The highest BCUT2D eigenvalue weighted by molar-refractivity contribution is 7.25. The van der Waals surface area contributed by atoms with Gasteiger partial charge in [-0.2, -0.15) is 0 Å². The van der Waals surface area contributed by atoms with Gasteiger partial charge in [-0.25, -0.2) is 0 Å². The van der Waals surface area contributed by atoms with Gasteiger partial charge in [0.2, 0.25) is 0 Å². The van der Waals surface area contributed by atoms with E-state index in [1.807, 2.05) is 11.3 Å². The first kappa shape index (κ1) is 32.1. The quantitative estimate of drug-likeness (QED) is 0.166. The van der Waals surface area contributed by atoms with E-state index < -0.39 is 0 Å². The van der Waals surface area contributed by atoms with Gasteiger partial charge >= 0.3 is 0 Å². The molecule has 0 amide bonds. The average Bonchev–Trinajstić information content (AvgIpc) is 3.94. The van der Waals surface area contributed by atoms with Gasteiger partial charge in [0, 0.05) is 47.4 Å². The molecule has 3 aromatic heterocycles. The third kappa shape index (κ3) is 4.89. The number of nitrogens with zero attached hydrogens (tertiary/aromatic N) is 2. The zero-order valence-electron chi connectivity index (χ0n) is 30.9. The maximum absolute atomic E-state index is 2.49. The normalized spacial score (nSPS) is 11.9. The minimum absolute atomic E-state index is 1.15. The van der Waals surface area contributed by atoms with Crippen LogP contribution in [0.5, 0.6) is 0 Å². The lowest BCUT2D eigenvalue weighted by molar-refractivity contribution is 1.17. The molecule has 0 aliphatic rings. The lowest BCUT2D eigenvalue weighted by Crippen LogP contribution is -1.96. The highest BCUT2D eigenvalue weighted by Gasteiger charge is 2.21. The second kappa shape index (κ2) is 12.7. The summed E-state index contributed by atoms with van der Waals surface area (Å²) in [6, 6.07) is 75.6. The Bertz CT molecular complexity index is 3510. The smallest absolute Gasteiger partial charge is 0.0555 e. The minimum Gasteiger partial charge on any atom is -0.309 e. The van der Waals surface area contributed by atoms with Crippen LogP contribution in [0, 0.1) is 0 Å². The Hall–Kier alpha value is -7.20. The van der Waals surface area contributed by atoms with Gasteiger partial charge in [-0.1, -0.05) is 146 Å². The van der Waals surface area contributed by atoms with Crippen LogP contribution in [-0.2, 0) is 0 Å². The molecule has 0 saturated heterocycles. The number of fused-ring (bicyclic) bond motifs is 9. The monoisotopic (exact) mass is 742 g/mol. The molecule has 3 heterocycles. The van der Waals surface area contributed by atoms with Crippen LogP contribution in [0.15, 0.2) is 206 Å². The standard InChI is InChI=1S/C54H34N2S/c1-3-15-35(16-4-1)37-29-32-51-45(33-37)54-50(27-14-28-52(54)57-51)56-46-24-11-9-21-41(46)44-34-38(30-31-48(44)56)55-47-25-12-10-22-43(47)53-42(23-13-26-49(53)55)40-20-8-7-19-39(40)36-17-5-2-6-18-36/h1-34H. The molecule has 0 saturated carbocycles. The van der Waals surface area contributed by atoms with Gasteiger partial charge < -0.3 is 9.13 Å². The lowest BCUT2D eigenvalue weighted by atomic mass is 9.92. The third-order valence-corrected chi connectivity index (χ3v) is 12.9. The van der Waals surface area contributed by atoms with Crippen LogP contribution in [-0.4, -0.2) is 9.13 Å². The van der Waals surface area contributed by atoms with E-state index in [9.17, 15) is 0 Å².